The number of carbonyl (C=O) groups excluding carboxylic acids is 1. The molecule has 0 radical (unpaired) electrons. The van der Waals surface area contributed by atoms with E-state index in [0.717, 1.165) is 15.1 Å². The van der Waals surface area contributed by atoms with Gasteiger partial charge in [0.25, 0.3) is 15.9 Å². The lowest BCUT2D eigenvalue weighted by atomic mass is 10.3. The molecule has 1 aromatic carbocycles. The molecule has 0 spiro atoms. The number of nitrogens with one attached hydrogen (secondary N) is 1. The number of sulfonamides is 1. The van der Waals surface area contributed by atoms with E-state index in [0.29, 0.717) is 24.7 Å². The second kappa shape index (κ2) is 7.59. The summed E-state index contributed by atoms with van der Waals surface area (Å²) in [6, 6.07) is 7.92. The first-order chi connectivity index (χ1) is 11.9. The fourth-order valence-electron chi connectivity index (χ4n) is 2.11. The maximum atomic E-state index is 12.4. The maximum Gasteiger partial charge on any atom is 0.264 e. The molecule has 25 heavy (non-hydrogen) atoms. The quantitative estimate of drug-likeness (QED) is 0.733. The van der Waals surface area contributed by atoms with Gasteiger partial charge >= 0.3 is 0 Å². The van der Waals surface area contributed by atoms with Crippen molar-refractivity contribution in [3.8, 4) is 11.5 Å². The minimum Gasteiger partial charge on any atom is -0.490 e. The van der Waals surface area contributed by atoms with Crippen LogP contribution in [0.25, 0.3) is 6.08 Å². The lowest BCUT2D eigenvalue weighted by Gasteiger charge is -2.10. The smallest absolute Gasteiger partial charge is 0.264 e. The van der Waals surface area contributed by atoms with Crippen molar-refractivity contribution < 1.29 is 22.7 Å². The van der Waals surface area contributed by atoms with Crippen LogP contribution in [0.3, 0.4) is 0 Å². The Hall–Kier alpha value is -1.84. The largest absolute Gasteiger partial charge is 0.490 e. The topological polar surface area (TPSA) is 81.7 Å². The van der Waals surface area contributed by atoms with Gasteiger partial charge in [0.15, 0.2) is 11.5 Å². The van der Waals surface area contributed by atoms with Crippen molar-refractivity contribution in [1.82, 2.24) is 4.72 Å². The van der Waals surface area contributed by atoms with Gasteiger partial charge in [-0.2, -0.15) is 0 Å². The van der Waals surface area contributed by atoms with E-state index in [4.69, 9.17) is 9.47 Å². The molecule has 0 aliphatic carbocycles. The lowest BCUT2D eigenvalue weighted by Crippen LogP contribution is -2.29. The molecule has 3 rings (SSSR count). The minimum absolute atomic E-state index is 0.0580. The standard InChI is InChI=1S/C16H14BrNO5S2/c17-15-6-2-11(24-15)3-7-16(19)18-25(20,21)12-4-5-13-14(10-12)23-9-1-8-22-13/h2-7,10H,1,8-9H2,(H,18,19)/b7-3+. The third kappa shape index (κ3) is 4.62. The molecule has 2 heterocycles. The van der Waals surface area contributed by atoms with Crippen LogP contribution < -0.4 is 14.2 Å². The minimum atomic E-state index is -4.00. The van der Waals surface area contributed by atoms with Gasteiger partial charge in [-0.15, -0.1) is 11.3 Å². The Bertz CT molecular complexity index is 920. The lowest BCUT2D eigenvalue weighted by molar-refractivity contribution is -0.114. The zero-order valence-corrected chi connectivity index (χ0v) is 16.1. The van der Waals surface area contributed by atoms with Crippen molar-refractivity contribution in [3.63, 3.8) is 0 Å². The molecule has 0 fully saturated rings. The second-order valence-corrected chi connectivity index (χ2v) is 9.28. The summed E-state index contributed by atoms with van der Waals surface area (Å²) in [5.41, 5.74) is 0. The third-order valence-electron chi connectivity index (χ3n) is 3.26. The molecule has 1 aromatic heterocycles. The molecule has 1 aliphatic heterocycles. The summed E-state index contributed by atoms with van der Waals surface area (Å²) in [7, 11) is -4.00. The normalized spacial score (nSPS) is 14.3. The molecule has 2 aromatic rings. The Morgan fingerprint density at radius 2 is 1.92 bits per heavy atom. The Labute approximate surface area is 157 Å². The van der Waals surface area contributed by atoms with Gasteiger partial charge in [-0.1, -0.05) is 0 Å². The highest BCUT2D eigenvalue weighted by Crippen LogP contribution is 2.31. The van der Waals surface area contributed by atoms with Crippen LogP contribution in [0, 0.1) is 0 Å². The number of hydrogen-bond acceptors (Lipinski definition) is 6. The van der Waals surface area contributed by atoms with E-state index < -0.39 is 15.9 Å². The summed E-state index contributed by atoms with van der Waals surface area (Å²) >= 11 is 4.75. The van der Waals surface area contributed by atoms with Crippen LogP contribution in [0.2, 0.25) is 0 Å². The summed E-state index contributed by atoms with van der Waals surface area (Å²) in [4.78, 5) is 12.7. The number of hydrogen-bond donors (Lipinski definition) is 1. The van der Waals surface area contributed by atoms with Gasteiger partial charge < -0.3 is 9.47 Å². The number of benzene rings is 1. The number of fused-ring (bicyclic) bond motifs is 1. The zero-order valence-electron chi connectivity index (χ0n) is 12.9. The molecule has 0 atom stereocenters. The molecule has 1 aliphatic rings. The first-order valence-corrected chi connectivity index (χ1v) is 10.4. The average molecular weight is 444 g/mol. The predicted octanol–water partition coefficient (Wildman–Crippen LogP) is 3.19. The highest BCUT2D eigenvalue weighted by atomic mass is 79.9. The molecule has 0 saturated carbocycles. The number of ether oxygens (including phenoxy) is 2. The number of carbonyl (C=O) groups is 1. The first-order valence-electron chi connectivity index (χ1n) is 7.34. The van der Waals surface area contributed by atoms with E-state index in [2.05, 4.69) is 15.9 Å². The van der Waals surface area contributed by atoms with Gasteiger partial charge in [0.1, 0.15) is 0 Å². The van der Waals surface area contributed by atoms with Crippen molar-refractivity contribution in [1.29, 1.82) is 0 Å². The van der Waals surface area contributed by atoms with E-state index in [1.54, 1.807) is 6.08 Å². The summed E-state index contributed by atoms with van der Waals surface area (Å²) in [6.45, 7) is 0.960. The molecule has 0 saturated heterocycles. The summed E-state index contributed by atoms with van der Waals surface area (Å²) in [6.07, 6.45) is 3.45. The van der Waals surface area contributed by atoms with Crippen molar-refractivity contribution >= 4 is 49.3 Å². The summed E-state index contributed by atoms with van der Waals surface area (Å²) in [5.74, 6) is 0.120. The number of rotatable bonds is 4. The average Bonchev–Trinajstić information content (AvgIpc) is 2.84. The number of halogens is 1. The van der Waals surface area contributed by atoms with Crippen molar-refractivity contribution in [2.45, 2.75) is 11.3 Å². The van der Waals surface area contributed by atoms with E-state index in [1.807, 2.05) is 16.9 Å². The van der Waals surface area contributed by atoms with Crippen LogP contribution in [0.1, 0.15) is 11.3 Å². The van der Waals surface area contributed by atoms with Gasteiger partial charge in [-0.25, -0.2) is 13.1 Å². The Balaban J connectivity index is 1.74. The van der Waals surface area contributed by atoms with Crippen LogP contribution in [-0.4, -0.2) is 27.5 Å². The predicted molar refractivity (Wildman–Crippen MR) is 98.4 cm³/mol. The molecule has 1 N–H and O–H groups in total. The first kappa shape index (κ1) is 18.0. The monoisotopic (exact) mass is 443 g/mol. The Morgan fingerprint density at radius 1 is 1.16 bits per heavy atom. The molecule has 0 unspecified atom stereocenters. The fourth-order valence-corrected chi connectivity index (χ4v) is 4.40. The van der Waals surface area contributed by atoms with E-state index >= 15 is 0 Å². The van der Waals surface area contributed by atoms with Gasteiger partial charge in [0, 0.05) is 23.4 Å². The molecule has 6 nitrogen and oxygen atoms in total. The van der Waals surface area contributed by atoms with Crippen molar-refractivity contribution in [2.75, 3.05) is 13.2 Å². The van der Waals surface area contributed by atoms with E-state index in [9.17, 15) is 13.2 Å². The molecule has 9 heteroatoms. The van der Waals surface area contributed by atoms with Crippen LogP contribution in [0.4, 0.5) is 0 Å². The third-order valence-corrected chi connectivity index (χ3v) is 6.19. The van der Waals surface area contributed by atoms with Crippen LogP contribution in [0.5, 0.6) is 11.5 Å². The second-order valence-electron chi connectivity index (χ2n) is 5.10. The Kier molecular flexibility index (Phi) is 5.45. The summed E-state index contributed by atoms with van der Waals surface area (Å²) < 4.78 is 38.6. The molecule has 0 bridgehead atoms. The molecular weight excluding hydrogens is 430 g/mol. The van der Waals surface area contributed by atoms with Crippen molar-refractivity contribution in [3.05, 3.63) is 45.1 Å². The summed E-state index contributed by atoms with van der Waals surface area (Å²) in [5, 5.41) is 0. The van der Waals surface area contributed by atoms with E-state index in [1.165, 1.54) is 35.6 Å². The number of amides is 1. The molecule has 1 amide bonds. The van der Waals surface area contributed by atoms with E-state index in [-0.39, 0.29) is 4.90 Å². The SMILES string of the molecule is O=C(/C=C/c1ccc(Br)s1)NS(=O)(=O)c1ccc2c(c1)OCCCO2. The highest BCUT2D eigenvalue weighted by molar-refractivity contribution is 9.11. The molecular formula is C16H14BrNO5S2. The van der Waals surface area contributed by atoms with Crippen LogP contribution in [0.15, 0.2) is 45.1 Å². The Morgan fingerprint density at radius 3 is 2.64 bits per heavy atom. The van der Waals surface area contributed by atoms with Gasteiger partial charge in [0.05, 0.1) is 21.9 Å². The maximum absolute atomic E-state index is 12.4. The van der Waals surface area contributed by atoms with Gasteiger partial charge in [0.2, 0.25) is 0 Å². The highest BCUT2D eigenvalue weighted by Gasteiger charge is 2.20. The van der Waals surface area contributed by atoms with Crippen LogP contribution >= 0.6 is 27.3 Å². The molecule has 132 valence electrons. The van der Waals surface area contributed by atoms with Crippen molar-refractivity contribution in [2.24, 2.45) is 0 Å². The fraction of sp³-hybridized carbons (Fsp3) is 0.188. The van der Waals surface area contributed by atoms with Crippen LogP contribution in [-0.2, 0) is 14.8 Å². The van der Waals surface area contributed by atoms with Gasteiger partial charge in [-0.05, 0) is 46.3 Å². The number of thiophene rings is 1. The zero-order chi connectivity index (χ0) is 17.9. The van der Waals surface area contributed by atoms with Gasteiger partial charge in [-0.3, -0.25) is 4.79 Å².